The first-order chi connectivity index (χ1) is 20.4. The molecule has 4 heterocycles. The number of ether oxygens (including phenoxy) is 1. The van der Waals surface area contributed by atoms with E-state index in [4.69, 9.17) is 9.73 Å². The highest BCUT2D eigenvalue weighted by atomic mass is 16.5. The Kier molecular flexibility index (Phi) is 8.38. The van der Waals surface area contributed by atoms with Crippen molar-refractivity contribution in [2.45, 2.75) is 52.0 Å². The van der Waals surface area contributed by atoms with E-state index in [0.29, 0.717) is 11.5 Å². The number of piperazine rings is 1. The third kappa shape index (κ3) is 6.12. The van der Waals surface area contributed by atoms with Crippen LogP contribution < -0.4 is 4.90 Å². The Balaban J connectivity index is 1.14. The monoisotopic (exact) mass is 567 g/mol. The van der Waals surface area contributed by atoms with Crippen LogP contribution in [0.25, 0.3) is 0 Å². The lowest BCUT2D eigenvalue weighted by molar-refractivity contribution is 0.0600. The molecule has 0 N–H and O–H groups in total. The second-order valence-corrected chi connectivity index (χ2v) is 12.4. The minimum absolute atomic E-state index is 0.276. The summed E-state index contributed by atoms with van der Waals surface area (Å²) in [6.45, 7) is 12.8. The van der Waals surface area contributed by atoms with Crippen LogP contribution in [0.5, 0.6) is 0 Å². The third-order valence-electron chi connectivity index (χ3n) is 9.74. The van der Waals surface area contributed by atoms with Gasteiger partial charge in [0, 0.05) is 81.9 Å². The van der Waals surface area contributed by atoms with Gasteiger partial charge in [-0.3, -0.25) is 0 Å². The zero-order valence-corrected chi connectivity index (χ0v) is 25.7. The number of benzene rings is 2. The van der Waals surface area contributed by atoms with Crippen molar-refractivity contribution in [3.63, 3.8) is 0 Å². The molecule has 2 aromatic rings. The topological polar surface area (TPSA) is 51.6 Å². The molecule has 6 rings (SSSR count). The van der Waals surface area contributed by atoms with Gasteiger partial charge in [-0.15, -0.1) is 0 Å². The number of rotatable bonds is 4. The molecule has 0 aromatic heterocycles. The lowest BCUT2D eigenvalue weighted by atomic mass is 9.88. The number of anilines is 1. The fourth-order valence-electron chi connectivity index (χ4n) is 6.77. The molecule has 2 fully saturated rings. The molecule has 4 aliphatic heterocycles. The van der Waals surface area contributed by atoms with Crippen LogP contribution in [0, 0.1) is 0 Å². The molecular formula is C35H45N5O2. The highest BCUT2D eigenvalue weighted by Crippen LogP contribution is 2.33. The average Bonchev–Trinajstić information content (AvgIpc) is 3.18. The van der Waals surface area contributed by atoms with E-state index in [0.717, 1.165) is 89.6 Å². The first-order valence-corrected chi connectivity index (χ1v) is 15.6. The summed E-state index contributed by atoms with van der Waals surface area (Å²) in [5.41, 5.74) is 10.1. The van der Waals surface area contributed by atoms with Gasteiger partial charge in [0.25, 0.3) is 0 Å². The van der Waals surface area contributed by atoms with Crippen LogP contribution in [0.15, 0.2) is 70.5 Å². The lowest BCUT2D eigenvalue weighted by Crippen LogP contribution is -2.44. The number of piperidine rings is 1. The average molecular weight is 568 g/mol. The second-order valence-electron chi connectivity index (χ2n) is 12.4. The molecule has 4 aliphatic rings. The molecule has 0 radical (unpaired) electrons. The van der Waals surface area contributed by atoms with Crippen LogP contribution >= 0.6 is 0 Å². The van der Waals surface area contributed by atoms with E-state index in [-0.39, 0.29) is 5.97 Å². The Morgan fingerprint density at radius 2 is 1.60 bits per heavy atom. The Hall–Kier alpha value is -3.58. The molecule has 7 nitrogen and oxygen atoms in total. The number of hydrogen-bond acceptors (Lipinski definition) is 7. The number of esters is 1. The summed E-state index contributed by atoms with van der Waals surface area (Å²) in [7, 11) is 3.64. The maximum absolute atomic E-state index is 11.8. The first kappa shape index (κ1) is 28.5. The number of hydrogen-bond donors (Lipinski definition) is 0. The molecule has 0 atom stereocenters. The summed E-state index contributed by atoms with van der Waals surface area (Å²) in [6, 6.07) is 15.1. The van der Waals surface area contributed by atoms with E-state index >= 15 is 0 Å². The van der Waals surface area contributed by atoms with Gasteiger partial charge in [-0.2, -0.15) is 0 Å². The standard InChI is InChI=1S/C35H45N5O2/c1-25-21-33(39-19-17-37(3)18-20-39)23-34(36-26(25)2)40-16-13-28-9-10-32(22-31(28)24-40)38-14-11-29(12-15-38)27-5-7-30(8-6-27)35(41)42-4/h5-10,22-23,29H,11-21,24H2,1-4H3. The number of amidine groups is 1. The largest absolute Gasteiger partial charge is 0.465 e. The minimum Gasteiger partial charge on any atom is -0.465 e. The van der Waals surface area contributed by atoms with Crippen molar-refractivity contribution < 1.29 is 9.53 Å². The van der Waals surface area contributed by atoms with Crippen molar-refractivity contribution in [2.24, 2.45) is 4.99 Å². The number of carbonyl (C=O) groups is 1. The third-order valence-corrected chi connectivity index (χ3v) is 9.74. The van der Waals surface area contributed by atoms with Gasteiger partial charge in [0.1, 0.15) is 5.84 Å². The van der Waals surface area contributed by atoms with E-state index in [1.165, 1.54) is 40.8 Å². The highest BCUT2D eigenvalue weighted by Gasteiger charge is 2.26. The lowest BCUT2D eigenvalue weighted by Gasteiger charge is -2.37. The molecule has 0 saturated carbocycles. The van der Waals surface area contributed by atoms with Crippen molar-refractivity contribution in [3.05, 3.63) is 87.8 Å². The van der Waals surface area contributed by atoms with Gasteiger partial charge in [-0.05, 0) is 92.6 Å². The van der Waals surface area contributed by atoms with Crippen molar-refractivity contribution in [3.8, 4) is 0 Å². The molecule has 0 spiro atoms. The summed E-state index contributed by atoms with van der Waals surface area (Å²) in [4.78, 5) is 27.0. The Labute approximate surface area is 251 Å². The van der Waals surface area contributed by atoms with Crippen LogP contribution in [0.3, 0.4) is 0 Å². The van der Waals surface area contributed by atoms with Gasteiger partial charge in [-0.1, -0.05) is 18.2 Å². The van der Waals surface area contributed by atoms with Crippen LogP contribution in [0.4, 0.5) is 5.69 Å². The van der Waals surface area contributed by atoms with E-state index in [1.807, 2.05) is 12.1 Å². The van der Waals surface area contributed by atoms with Crippen molar-refractivity contribution in [1.29, 1.82) is 0 Å². The predicted octanol–water partition coefficient (Wildman–Crippen LogP) is 5.44. The van der Waals surface area contributed by atoms with Gasteiger partial charge < -0.3 is 24.3 Å². The minimum atomic E-state index is -0.276. The number of likely N-dealkylation sites (N-methyl/N-ethyl adjacent to an activating group) is 1. The van der Waals surface area contributed by atoms with Crippen molar-refractivity contribution in [1.82, 2.24) is 14.7 Å². The fraction of sp³-hybridized carbons (Fsp3) is 0.486. The quantitative estimate of drug-likeness (QED) is 0.459. The Morgan fingerprint density at radius 1 is 0.857 bits per heavy atom. The van der Waals surface area contributed by atoms with Crippen LogP contribution in [0.1, 0.15) is 66.1 Å². The summed E-state index contributed by atoms with van der Waals surface area (Å²) in [5.74, 6) is 1.37. The van der Waals surface area contributed by atoms with Gasteiger partial charge in [0.2, 0.25) is 0 Å². The molecular weight excluding hydrogens is 522 g/mol. The molecule has 0 aliphatic carbocycles. The zero-order chi connectivity index (χ0) is 29.2. The molecule has 2 saturated heterocycles. The van der Waals surface area contributed by atoms with Crippen LogP contribution in [-0.2, 0) is 17.7 Å². The molecule has 42 heavy (non-hydrogen) atoms. The van der Waals surface area contributed by atoms with Crippen molar-refractivity contribution >= 4 is 17.5 Å². The van der Waals surface area contributed by atoms with Crippen molar-refractivity contribution in [2.75, 3.05) is 64.9 Å². The zero-order valence-electron chi connectivity index (χ0n) is 25.7. The van der Waals surface area contributed by atoms with E-state index in [1.54, 1.807) is 0 Å². The highest BCUT2D eigenvalue weighted by molar-refractivity contribution is 5.95. The molecule has 2 aromatic carbocycles. The molecule has 0 amide bonds. The van der Waals surface area contributed by atoms with Gasteiger partial charge >= 0.3 is 5.97 Å². The van der Waals surface area contributed by atoms with Crippen LogP contribution in [0.2, 0.25) is 0 Å². The second kappa shape index (κ2) is 12.3. The molecule has 222 valence electrons. The van der Waals surface area contributed by atoms with E-state index in [9.17, 15) is 4.79 Å². The van der Waals surface area contributed by atoms with Gasteiger partial charge in [0.15, 0.2) is 0 Å². The Morgan fingerprint density at radius 3 is 2.31 bits per heavy atom. The summed E-state index contributed by atoms with van der Waals surface area (Å²) < 4.78 is 4.85. The summed E-state index contributed by atoms with van der Waals surface area (Å²) >= 11 is 0. The fourth-order valence-corrected chi connectivity index (χ4v) is 6.77. The normalized spacial score (nSPS) is 20.6. The predicted molar refractivity (Wildman–Crippen MR) is 170 cm³/mol. The first-order valence-electron chi connectivity index (χ1n) is 15.6. The number of methoxy groups -OCH3 is 1. The molecule has 7 heteroatoms. The smallest absolute Gasteiger partial charge is 0.337 e. The number of allylic oxidation sites excluding steroid dienone is 2. The van der Waals surface area contributed by atoms with Gasteiger partial charge in [-0.25, -0.2) is 9.79 Å². The number of nitrogens with zero attached hydrogens (tertiary/aromatic N) is 5. The number of fused-ring (bicyclic) bond motifs is 1. The maximum Gasteiger partial charge on any atom is 0.337 e. The van der Waals surface area contributed by atoms with E-state index < -0.39 is 0 Å². The molecule has 0 unspecified atom stereocenters. The number of carbonyl (C=O) groups excluding carboxylic acids is 1. The SMILES string of the molecule is COC(=O)c1ccc(C2CCN(c3ccc4c(c3)CN(C3=NC(C)=C(C)CC(N5CCN(C)CC5)=C3)CC4)CC2)cc1. The van der Waals surface area contributed by atoms with Gasteiger partial charge in [0.05, 0.1) is 12.7 Å². The maximum atomic E-state index is 11.8. The number of aliphatic imine (C=N–C) groups is 1. The Bertz CT molecular complexity index is 1390. The summed E-state index contributed by atoms with van der Waals surface area (Å²) in [6.07, 6.45) is 6.65. The van der Waals surface area contributed by atoms with E-state index in [2.05, 4.69) is 76.9 Å². The molecule has 0 bridgehead atoms. The summed E-state index contributed by atoms with van der Waals surface area (Å²) in [5, 5.41) is 0. The van der Waals surface area contributed by atoms with Crippen LogP contribution in [-0.4, -0.2) is 86.5 Å².